The van der Waals surface area contributed by atoms with Crippen LogP contribution in [0.2, 0.25) is 0 Å². The average Bonchev–Trinajstić information content (AvgIpc) is 3.05. The summed E-state index contributed by atoms with van der Waals surface area (Å²) in [5, 5.41) is 3.75. The van der Waals surface area contributed by atoms with Gasteiger partial charge in [-0.15, -0.1) is 0 Å². The number of anilines is 1. The van der Waals surface area contributed by atoms with Gasteiger partial charge in [-0.25, -0.2) is 8.42 Å². The zero-order valence-corrected chi connectivity index (χ0v) is 16.7. The van der Waals surface area contributed by atoms with Gasteiger partial charge in [-0.05, 0) is 31.0 Å². The zero-order chi connectivity index (χ0) is 20.1. The molecule has 1 aromatic heterocycles. The number of benzene rings is 2. The van der Waals surface area contributed by atoms with E-state index in [-0.39, 0.29) is 16.7 Å². The van der Waals surface area contributed by atoms with Crippen LogP contribution in [0.3, 0.4) is 0 Å². The van der Waals surface area contributed by atoms with Crippen molar-refractivity contribution in [3.63, 3.8) is 0 Å². The second-order valence-electron chi connectivity index (χ2n) is 6.04. The summed E-state index contributed by atoms with van der Waals surface area (Å²) in [6, 6.07) is 14.4. The van der Waals surface area contributed by atoms with E-state index in [0.717, 1.165) is 11.1 Å². The van der Waals surface area contributed by atoms with Crippen LogP contribution in [0.15, 0.2) is 57.9 Å². The molecule has 0 aliphatic carbocycles. The molecule has 1 heterocycles. The number of methoxy groups -OCH3 is 1. The molecule has 0 radical (unpaired) electrons. The van der Waals surface area contributed by atoms with E-state index in [1.807, 2.05) is 31.2 Å². The van der Waals surface area contributed by atoms with E-state index in [2.05, 4.69) is 9.88 Å². The molecule has 28 heavy (non-hydrogen) atoms. The summed E-state index contributed by atoms with van der Waals surface area (Å²) < 4.78 is 44.2. The Hall–Kier alpha value is -2.84. The maximum Gasteiger partial charge on any atom is 0.316 e. The predicted molar refractivity (Wildman–Crippen MR) is 106 cm³/mol. The van der Waals surface area contributed by atoms with Crippen molar-refractivity contribution < 1.29 is 22.4 Å². The molecule has 0 atom stereocenters. The highest BCUT2D eigenvalue weighted by Gasteiger charge is 2.24. The molecule has 148 valence electrons. The van der Waals surface area contributed by atoms with Crippen molar-refractivity contribution in [3.8, 4) is 17.1 Å². The average molecular weight is 402 g/mol. The first-order valence-corrected chi connectivity index (χ1v) is 10.2. The number of sulfonamides is 1. The van der Waals surface area contributed by atoms with Gasteiger partial charge >= 0.3 is 5.95 Å². The highest BCUT2D eigenvalue weighted by atomic mass is 32.2. The number of nitrogens with one attached hydrogen (secondary N) is 1. The fraction of sp³-hybridized carbons (Fsp3) is 0.250. The lowest BCUT2D eigenvalue weighted by Crippen LogP contribution is -2.15. The van der Waals surface area contributed by atoms with Gasteiger partial charge in [-0.2, -0.15) is 0 Å². The molecule has 0 bridgehead atoms. The van der Waals surface area contributed by atoms with Crippen LogP contribution in [-0.4, -0.2) is 27.3 Å². The number of aromatic nitrogens is 1. The molecule has 0 fully saturated rings. The third-order valence-corrected chi connectivity index (χ3v) is 5.64. The van der Waals surface area contributed by atoms with Gasteiger partial charge in [-0.3, -0.25) is 4.72 Å². The molecular formula is C20H22N2O5S. The predicted octanol–water partition coefficient (Wildman–Crippen LogP) is 4.00. The molecule has 0 aliphatic heterocycles. The maximum absolute atomic E-state index is 13.1. The van der Waals surface area contributed by atoms with E-state index in [4.69, 9.17) is 14.0 Å². The molecule has 3 rings (SSSR count). The molecule has 0 aliphatic rings. The topological polar surface area (TPSA) is 90.7 Å². The van der Waals surface area contributed by atoms with Crippen LogP contribution in [0.4, 0.5) is 5.82 Å². The molecule has 1 N–H and O–H groups in total. The smallest absolute Gasteiger partial charge is 0.316 e. The quantitative estimate of drug-likeness (QED) is 0.612. The summed E-state index contributed by atoms with van der Waals surface area (Å²) >= 11 is 0. The summed E-state index contributed by atoms with van der Waals surface area (Å²) in [6.45, 7) is 4.55. The van der Waals surface area contributed by atoms with Gasteiger partial charge in [0.05, 0.1) is 24.2 Å². The number of nitrogens with zero attached hydrogens (tertiary/aromatic N) is 1. The Labute approximate surface area is 164 Å². The van der Waals surface area contributed by atoms with Crippen LogP contribution in [0.1, 0.15) is 18.1 Å². The summed E-state index contributed by atoms with van der Waals surface area (Å²) in [4.78, 5) is 0.139. The zero-order valence-electron chi connectivity index (χ0n) is 15.9. The van der Waals surface area contributed by atoms with E-state index in [1.54, 1.807) is 31.2 Å². The van der Waals surface area contributed by atoms with Gasteiger partial charge in [0.15, 0.2) is 5.82 Å². The number of rotatable bonds is 8. The van der Waals surface area contributed by atoms with Crippen LogP contribution in [-0.2, 0) is 21.4 Å². The van der Waals surface area contributed by atoms with Crippen molar-refractivity contribution in [3.05, 3.63) is 59.7 Å². The molecule has 0 spiro atoms. The molecule has 0 unspecified atom stereocenters. The minimum atomic E-state index is -3.92. The first kappa shape index (κ1) is 19.9. The largest absolute Gasteiger partial charge is 0.467 e. The van der Waals surface area contributed by atoms with E-state index in [1.165, 1.54) is 7.11 Å². The highest BCUT2D eigenvalue weighted by Crippen LogP contribution is 2.33. The Bertz CT molecular complexity index is 1060. The third kappa shape index (κ3) is 4.02. The maximum atomic E-state index is 13.1. The van der Waals surface area contributed by atoms with Crippen molar-refractivity contribution in [1.82, 2.24) is 5.16 Å². The highest BCUT2D eigenvalue weighted by molar-refractivity contribution is 7.92. The van der Waals surface area contributed by atoms with Gasteiger partial charge in [0.2, 0.25) is 0 Å². The molecule has 3 aromatic rings. The van der Waals surface area contributed by atoms with Crippen molar-refractivity contribution in [2.45, 2.75) is 25.3 Å². The SMILES string of the molecule is CCOCc1ccccc1-c1ccccc1S(=O)(=O)Nc1noc(OC)c1C. The standard InChI is InChI=1S/C20H22N2O5S/c1-4-26-13-15-9-5-6-10-16(15)17-11-7-8-12-18(17)28(23,24)22-19-14(2)20(25-3)27-21-19/h5-12H,4,13H2,1-3H3,(H,21,22). The van der Waals surface area contributed by atoms with E-state index >= 15 is 0 Å². The molecule has 0 amide bonds. The summed E-state index contributed by atoms with van der Waals surface area (Å²) in [7, 11) is -2.49. The van der Waals surface area contributed by atoms with Crippen LogP contribution in [0.25, 0.3) is 11.1 Å². The Kier molecular flexibility index (Phi) is 6.01. The summed E-state index contributed by atoms with van der Waals surface area (Å²) in [5.74, 6) is 0.252. The van der Waals surface area contributed by atoms with Crippen LogP contribution >= 0.6 is 0 Å². The van der Waals surface area contributed by atoms with Crippen molar-refractivity contribution in [2.24, 2.45) is 0 Å². The molecule has 0 saturated heterocycles. The lowest BCUT2D eigenvalue weighted by molar-refractivity contribution is 0.134. The first-order valence-electron chi connectivity index (χ1n) is 8.76. The minimum Gasteiger partial charge on any atom is -0.467 e. The minimum absolute atomic E-state index is 0.0919. The second-order valence-corrected chi connectivity index (χ2v) is 7.69. The molecule has 7 nitrogen and oxygen atoms in total. The van der Waals surface area contributed by atoms with Crippen LogP contribution < -0.4 is 9.46 Å². The van der Waals surface area contributed by atoms with E-state index in [9.17, 15) is 8.42 Å². The van der Waals surface area contributed by atoms with Crippen molar-refractivity contribution >= 4 is 15.8 Å². The fourth-order valence-electron chi connectivity index (χ4n) is 2.83. The number of hydrogen-bond acceptors (Lipinski definition) is 6. The van der Waals surface area contributed by atoms with Gasteiger partial charge in [0, 0.05) is 12.2 Å². The molecular weight excluding hydrogens is 380 g/mol. The van der Waals surface area contributed by atoms with Crippen molar-refractivity contribution in [2.75, 3.05) is 18.4 Å². The first-order chi connectivity index (χ1) is 13.5. The van der Waals surface area contributed by atoms with Crippen LogP contribution in [0.5, 0.6) is 5.95 Å². The number of hydrogen-bond donors (Lipinski definition) is 1. The van der Waals surface area contributed by atoms with Gasteiger partial charge < -0.3 is 14.0 Å². The second kappa shape index (κ2) is 8.45. The number of ether oxygens (including phenoxy) is 2. The molecule has 0 saturated carbocycles. The van der Waals surface area contributed by atoms with E-state index < -0.39 is 10.0 Å². The Balaban J connectivity index is 2.04. The normalized spacial score (nSPS) is 11.4. The lowest BCUT2D eigenvalue weighted by Gasteiger charge is -2.14. The molecule has 8 heteroatoms. The lowest BCUT2D eigenvalue weighted by atomic mass is 10.0. The Morgan fingerprint density at radius 3 is 2.43 bits per heavy atom. The Morgan fingerprint density at radius 1 is 1.07 bits per heavy atom. The van der Waals surface area contributed by atoms with Crippen LogP contribution in [0, 0.1) is 6.92 Å². The Morgan fingerprint density at radius 2 is 1.75 bits per heavy atom. The van der Waals surface area contributed by atoms with Gasteiger partial charge in [0.1, 0.15) is 0 Å². The summed E-state index contributed by atoms with van der Waals surface area (Å²) in [6.07, 6.45) is 0. The summed E-state index contributed by atoms with van der Waals surface area (Å²) in [5.41, 5.74) is 2.76. The third-order valence-electron chi connectivity index (χ3n) is 4.24. The monoisotopic (exact) mass is 402 g/mol. The van der Waals surface area contributed by atoms with Gasteiger partial charge in [0.25, 0.3) is 10.0 Å². The fourth-order valence-corrected chi connectivity index (χ4v) is 4.11. The van der Waals surface area contributed by atoms with E-state index in [0.29, 0.717) is 24.3 Å². The molecule has 2 aromatic carbocycles. The van der Waals surface area contributed by atoms with Crippen molar-refractivity contribution in [1.29, 1.82) is 0 Å². The van der Waals surface area contributed by atoms with Gasteiger partial charge in [-0.1, -0.05) is 47.6 Å².